The molecule has 0 spiro atoms. The molecule has 1 N–H and O–H groups in total. The molecule has 1 aliphatic heterocycles. The van der Waals surface area contributed by atoms with E-state index in [4.69, 9.17) is 25.8 Å². The molecule has 1 heterocycles. The van der Waals surface area contributed by atoms with Crippen molar-refractivity contribution in [3.8, 4) is 11.5 Å². The van der Waals surface area contributed by atoms with Gasteiger partial charge in [-0.15, -0.1) is 0 Å². The molecule has 2 unspecified atom stereocenters. The average molecular weight is 549 g/mol. The molecule has 4 atom stereocenters. The number of benzene rings is 3. The van der Waals surface area contributed by atoms with Crippen molar-refractivity contribution < 1.29 is 19.0 Å². The predicted octanol–water partition coefficient (Wildman–Crippen LogP) is 5.30. The maximum absolute atomic E-state index is 12.5. The summed E-state index contributed by atoms with van der Waals surface area (Å²) in [5.74, 6) is 2.60. The molecule has 0 radical (unpaired) electrons. The second kappa shape index (κ2) is 12.9. The van der Waals surface area contributed by atoms with E-state index in [0.717, 1.165) is 59.9 Å². The summed E-state index contributed by atoms with van der Waals surface area (Å²) in [5, 5.41) is 4.46. The van der Waals surface area contributed by atoms with E-state index in [9.17, 15) is 4.79 Å². The Morgan fingerprint density at radius 2 is 1.72 bits per heavy atom. The van der Waals surface area contributed by atoms with Crippen molar-refractivity contribution in [3.63, 3.8) is 0 Å². The number of ether oxygens (including phenoxy) is 3. The second-order valence-corrected chi connectivity index (χ2v) is 10.9. The number of fused-ring (bicyclic) bond motifs is 1. The topological polar surface area (TPSA) is 60.0 Å². The zero-order valence-electron chi connectivity index (χ0n) is 22.6. The third kappa shape index (κ3) is 7.53. The summed E-state index contributed by atoms with van der Waals surface area (Å²) in [6.45, 7) is 8.84. The number of hydrogen-bond acceptors (Lipinski definition) is 6. The number of aryl methyl sites for hydroxylation is 1. The highest BCUT2D eigenvalue weighted by atomic mass is 35.5. The minimum atomic E-state index is -0.706. The Kier molecular flexibility index (Phi) is 9.07. The van der Waals surface area contributed by atoms with E-state index in [0.29, 0.717) is 31.4 Å². The lowest BCUT2D eigenvalue weighted by molar-refractivity contribution is -0.151. The molecule has 206 valence electrons. The Bertz CT molecular complexity index is 1220. The lowest BCUT2D eigenvalue weighted by Gasteiger charge is -2.20. The molecule has 5 rings (SSSR count). The van der Waals surface area contributed by atoms with Crippen molar-refractivity contribution in [1.29, 1.82) is 0 Å². The van der Waals surface area contributed by atoms with Gasteiger partial charge in [-0.2, -0.15) is 0 Å². The molecule has 0 amide bonds. The summed E-state index contributed by atoms with van der Waals surface area (Å²) in [4.78, 5) is 15.1. The number of likely N-dealkylation sites (tertiary alicyclic amines) is 1. The zero-order chi connectivity index (χ0) is 27.2. The third-order valence-electron chi connectivity index (χ3n) is 7.50. The largest absolute Gasteiger partial charge is 0.492 e. The fourth-order valence-corrected chi connectivity index (χ4v) is 5.61. The molecular formula is C32H37ClN2O4. The van der Waals surface area contributed by atoms with Gasteiger partial charge in [0.15, 0.2) is 6.10 Å². The lowest BCUT2D eigenvalue weighted by atomic mass is 10.1. The van der Waals surface area contributed by atoms with Crippen molar-refractivity contribution in [1.82, 2.24) is 10.2 Å². The van der Waals surface area contributed by atoms with Gasteiger partial charge in [-0.25, -0.2) is 4.79 Å². The summed E-state index contributed by atoms with van der Waals surface area (Å²) in [6.07, 6.45) is -0.281. The third-order valence-corrected chi connectivity index (χ3v) is 7.75. The van der Waals surface area contributed by atoms with Crippen molar-refractivity contribution in [3.05, 3.63) is 94.5 Å². The highest BCUT2D eigenvalue weighted by molar-refractivity contribution is 6.30. The molecule has 6 nitrogen and oxygen atoms in total. The van der Waals surface area contributed by atoms with E-state index < -0.39 is 6.10 Å². The molecule has 1 aliphatic carbocycles. The van der Waals surface area contributed by atoms with Gasteiger partial charge in [0.2, 0.25) is 0 Å². The second-order valence-electron chi connectivity index (χ2n) is 10.5. The van der Waals surface area contributed by atoms with Crippen molar-refractivity contribution in [2.45, 2.75) is 39.0 Å². The number of esters is 1. The monoisotopic (exact) mass is 548 g/mol. The van der Waals surface area contributed by atoms with Crippen LogP contribution < -0.4 is 14.8 Å². The van der Waals surface area contributed by atoms with E-state index in [1.165, 1.54) is 5.56 Å². The van der Waals surface area contributed by atoms with Gasteiger partial charge in [0.1, 0.15) is 18.1 Å². The number of halogens is 1. The maximum Gasteiger partial charge on any atom is 0.347 e. The summed E-state index contributed by atoms with van der Waals surface area (Å²) in [6, 6.07) is 24.3. The van der Waals surface area contributed by atoms with Gasteiger partial charge in [0.05, 0.1) is 6.61 Å². The van der Waals surface area contributed by atoms with E-state index in [-0.39, 0.29) is 5.97 Å². The van der Waals surface area contributed by atoms with Gasteiger partial charge in [-0.1, -0.05) is 48.0 Å². The van der Waals surface area contributed by atoms with Crippen molar-refractivity contribution in [2.75, 3.05) is 32.8 Å². The smallest absolute Gasteiger partial charge is 0.347 e. The Balaban J connectivity index is 1.02. The van der Waals surface area contributed by atoms with Crippen LogP contribution in [-0.2, 0) is 22.5 Å². The van der Waals surface area contributed by atoms with Crippen LogP contribution >= 0.6 is 11.6 Å². The number of carbonyl (C=O) groups excluding carboxylic acids is 1. The fraction of sp³-hybridized carbons (Fsp3) is 0.406. The van der Waals surface area contributed by atoms with Gasteiger partial charge in [-0.05, 0) is 78.8 Å². The Morgan fingerprint density at radius 3 is 2.41 bits per heavy atom. The van der Waals surface area contributed by atoms with Crippen LogP contribution in [0.2, 0.25) is 5.02 Å². The molecule has 2 aliphatic rings. The minimum Gasteiger partial charge on any atom is -0.492 e. The first kappa shape index (κ1) is 27.5. The lowest BCUT2D eigenvalue weighted by Crippen LogP contribution is -2.33. The average Bonchev–Trinajstić information content (AvgIpc) is 3.38. The molecular weight excluding hydrogens is 512 g/mol. The molecule has 1 saturated heterocycles. The molecule has 0 bridgehead atoms. The SMILES string of the molecule is CCOC(=O)[C@H](Cc1ccc(OCCNC2C3CN(Cc4ccc(Cl)cc4)C[C@@H]32)cc1)Oc1cccc(C)c1. The first-order valence-electron chi connectivity index (χ1n) is 13.8. The van der Waals surface area contributed by atoms with Gasteiger partial charge >= 0.3 is 5.97 Å². The maximum atomic E-state index is 12.5. The Morgan fingerprint density at radius 1 is 1.00 bits per heavy atom. The van der Waals surface area contributed by atoms with E-state index >= 15 is 0 Å². The van der Waals surface area contributed by atoms with Crippen molar-refractivity contribution in [2.24, 2.45) is 11.8 Å². The number of rotatable bonds is 13. The molecule has 39 heavy (non-hydrogen) atoms. The molecule has 7 heteroatoms. The first-order valence-corrected chi connectivity index (χ1v) is 14.2. The van der Waals surface area contributed by atoms with Gasteiger partial charge in [0.25, 0.3) is 0 Å². The normalized spacial score (nSPS) is 20.7. The van der Waals surface area contributed by atoms with Crippen LogP contribution in [0.25, 0.3) is 0 Å². The van der Waals surface area contributed by atoms with E-state index in [1.54, 1.807) is 6.92 Å². The summed E-state index contributed by atoms with van der Waals surface area (Å²) in [7, 11) is 0. The van der Waals surface area contributed by atoms with E-state index in [2.05, 4.69) is 22.3 Å². The number of hydrogen-bond donors (Lipinski definition) is 1. The molecule has 1 saturated carbocycles. The minimum absolute atomic E-state index is 0.317. The van der Waals surface area contributed by atoms with Gasteiger partial charge < -0.3 is 19.5 Å². The van der Waals surface area contributed by atoms with Gasteiger partial charge in [0, 0.05) is 43.7 Å². The highest BCUT2D eigenvalue weighted by Gasteiger charge is 2.55. The number of carbonyl (C=O) groups is 1. The van der Waals surface area contributed by atoms with Crippen LogP contribution in [0.15, 0.2) is 72.8 Å². The van der Waals surface area contributed by atoms with Gasteiger partial charge in [-0.3, -0.25) is 4.90 Å². The predicted molar refractivity (Wildman–Crippen MR) is 153 cm³/mol. The van der Waals surface area contributed by atoms with Crippen LogP contribution in [0.4, 0.5) is 0 Å². The fourth-order valence-electron chi connectivity index (χ4n) is 5.49. The Labute approximate surface area is 236 Å². The number of nitrogens with zero attached hydrogens (tertiary/aromatic N) is 1. The summed E-state index contributed by atoms with van der Waals surface area (Å²) >= 11 is 6.00. The molecule has 3 aromatic rings. The Hall–Kier alpha value is -3.06. The molecule has 2 fully saturated rings. The first-order chi connectivity index (χ1) is 19.0. The zero-order valence-corrected chi connectivity index (χ0v) is 23.4. The van der Waals surface area contributed by atoms with Crippen LogP contribution in [-0.4, -0.2) is 55.9 Å². The summed E-state index contributed by atoms with van der Waals surface area (Å²) in [5.41, 5.74) is 3.38. The molecule has 0 aromatic heterocycles. The molecule has 3 aromatic carbocycles. The van der Waals surface area contributed by atoms with Crippen LogP contribution in [0.1, 0.15) is 23.6 Å². The van der Waals surface area contributed by atoms with E-state index in [1.807, 2.05) is 67.6 Å². The van der Waals surface area contributed by atoms with Crippen LogP contribution in [0.5, 0.6) is 11.5 Å². The van der Waals surface area contributed by atoms with Crippen molar-refractivity contribution >= 4 is 17.6 Å². The standard InChI is InChI=1S/C32H37ClN2O4/c1-3-37-32(36)30(39-27-6-4-5-22(2)17-27)18-23-9-13-26(14-10-23)38-16-15-34-31-28-20-35(21-29(28)31)19-24-7-11-25(33)12-8-24/h4-14,17,28-31,34H,3,15-16,18-21H2,1-2H3/t28-,29?,30-,31?/m0/s1. The van der Waals surface area contributed by atoms with Crippen LogP contribution in [0, 0.1) is 18.8 Å². The highest BCUT2D eigenvalue weighted by Crippen LogP contribution is 2.45. The number of nitrogens with one attached hydrogen (secondary N) is 1. The summed E-state index contributed by atoms with van der Waals surface area (Å²) < 4.78 is 17.2. The number of piperidine rings is 1. The quantitative estimate of drug-likeness (QED) is 0.231. The van der Waals surface area contributed by atoms with Crippen LogP contribution in [0.3, 0.4) is 0 Å².